The molecule has 5 nitrogen and oxygen atoms in total. The third kappa shape index (κ3) is 3.11. The summed E-state index contributed by atoms with van der Waals surface area (Å²) in [5, 5.41) is 10.6. The van der Waals surface area contributed by atoms with Crippen molar-refractivity contribution in [3.05, 3.63) is 113 Å². The van der Waals surface area contributed by atoms with Gasteiger partial charge in [0.05, 0.1) is 22.2 Å². The fraction of sp³-hybridized carbons (Fsp3) is 0. The Bertz CT molecular complexity index is 1530. The average Bonchev–Trinajstić information content (AvgIpc) is 2.84. The number of nitriles is 1. The van der Waals surface area contributed by atoms with Gasteiger partial charge in [0.1, 0.15) is 11.9 Å². The van der Waals surface area contributed by atoms with Crippen LogP contribution >= 0.6 is 0 Å². The second kappa shape index (κ2) is 7.86. The second-order valence-corrected chi connectivity index (χ2v) is 7.36. The van der Waals surface area contributed by atoms with Crippen molar-refractivity contribution >= 4 is 16.7 Å². The third-order valence-electron chi connectivity index (χ3n) is 5.49. The number of nitrogens with two attached hydrogens (primary N) is 1. The van der Waals surface area contributed by atoms with Gasteiger partial charge in [0, 0.05) is 5.56 Å². The van der Waals surface area contributed by atoms with E-state index in [9.17, 15) is 10.1 Å². The fourth-order valence-corrected chi connectivity index (χ4v) is 4.03. The van der Waals surface area contributed by atoms with Gasteiger partial charge < -0.3 is 5.73 Å². The van der Waals surface area contributed by atoms with Gasteiger partial charge in [0.15, 0.2) is 0 Å². The van der Waals surface area contributed by atoms with Crippen molar-refractivity contribution in [2.45, 2.75) is 0 Å². The van der Waals surface area contributed by atoms with Crippen LogP contribution in [0.25, 0.3) is 38.8 Å². The van der Waals surface area contributed by atoms with Crippen LogP contribution in [0.2, 0.25) is 0 Å². The summed E-state index contributed by atoms with van der Waals surface area (Å²) in [7, 11) is 0. The van der Waals surface area contributed by atoms with Crippen LogP contribution < -0.4 is 11.4 Å². The predicted molar refractivity (Wildman–Crippen MR) is 127 cm³/mol. The third-order valence-corrected chi connectivity index (χ3v) is 5.49. The number of benzene rings is 4. The molecular weight excluding hydrogens is 396 g/mol. The van der Waals surface area contributed by atoms with Gasteiger partial charge >= 0.3 is 5.69 Å². The Labute approximate surface area is 184 Å². The lowest BCUT2D eigenvalue weighted by Gasteiger charge is -2.17. The van der Waals surface area contributed by atoms with Gasteiger partial charge in [-0.3, -0.25) is 0 Å². The maximum absolute atomic E-state index is 13.1. The first-order valence-electron chi connectivity index (χ1n) is 10.1. The van der Waals surface area contributed by atoms with Crippen LogP contribution in [0.5, 0.6) is 0 Å². The molecule has 0 saturated carbocycles. The number of nitrogen functional groups attached to an aromatic ring is 1. The van der Waals surface area contributed by atoms with Crippen molar-refractivity contribution in [2.75, 3.05) is 5.73 Å². The molecule has 0 aliphatic rings. The molecule has 0 spiro atoms. The molecule has 0 aliphatic carbocycles. The number of anilines is 1. The van der Waals surface area contributed by atoms with Gasteiger partial charge in [-0.1, -0.05) is 78.9 Å². The summed E-state index contributed by atoms with van der Waals surface area (Å²) in [5.74, 6) is 0.251. The lowest BCUT2D eigenvalue weighted by molar-refractivity contribution is 0.950. The summed E-state index contributed by atoms with van der Waals surface area (Å²) in [4.78, 5) is 17.4. The number of hydrogen-bond acceptors (Lipinski definition) is 4. The van der Waals surface area contributed by atoms with E-state index in [1.807, 2.05) is 84.9 Å². The first kappa shape index (κ1) is 19.3. The molecule has 152 valence electrons. The van der Waals surface area contributed by atoms with Crippen LogP contribution in [0.1, 0.15) is 5.56 Å². The molecule has 0 bridgehead atoms. The molecule has 1 heterocycles. The largest absolute Gasteiger partial charge is 0.384 e. The van der Waals surface area contributed by atoms with Gasteiger partial charge in [-0.05, 0) is 34.9 Å². The Balaban J connectivity index is 1.97. The molecule has 4 aromatic carbocycles. The molecule has 5 rings (SSSR count). The zero-order valence-electron chi connectivity index (χ0n) is 17.1. The van der Waals surface area contributed by atoms with Crippen molar-refractivity contribution in [3.8, 4) is 34.0 Å². The molecule has 0 atom stereocenters. The van der Waals surface area contributed by atoms with Gasteiger partial charge in [-0.25, -0.2) is 9.36 Å². The number of fused-ring (bicyclic) bond motifs is 1. The highest BCUT2D eigenvalue weighted by atomic mass is 16.1. The van der Waals surface area contributed by atoms with Crippen LogP contribution in [0.3, 0.4) is 0 Å². The summed E-state index contributed by atoms with van der Waals surface area (Å²) in [6.45, 7) is 0. The highest BCUT2D eigenvalue weighted by Crippen LogP contribution is 2.39. The maximum Gasteiger partial charge on any atom is 0.354 e. The Morgan fingerprint density at radius 1 is 0.781 bits per heavy atom. The van der Waals surface area contributed by atoms with Gasteiger partial charge in [0.25, 0.3) is 0 Å². The van der Waals surface area contributed by atoms with Gasteiger partial charge in [0.2, 0.25) is 0 Å². The topological polar surface area (TPSA) is 84.7 Å². The Morgan fingerprint density at radius 3 is 1.88 bits per heavy atom. The number of rotatable bonds is 3. The molecule has 5 aromatic rings. The van der Waals surface area contributed by atoms with Crippen molar-refractivity contribution < 1.29 is 0 Å². The fourth-order valence-electron chi connectivity index (χ4n) is 4.03. The molecule has 0 radical (unpaired) electrons. The second-order valence-electron chi connectivity index (χ2n) is 7.36. The van der Waals surface area contributed by atoms with E-state index in [-0.39, 0.29) is 5.82 Å². The molecule has 0 saturated heterocycles. The lowest BCUT2D eigenvalue weighted by Crippen LogP contribution is -2.24. The minimum atomic E-state index is -0.526. The Hall–Kier alpha value is -4.69. The highest BCUT2D eigenvalue weighted by molar-refractivity contribution is 6.07. The molecule has 0 fully saturated rings. The quantitative estimate of drug-likeness (QED) is 0.441. The van der Waals surface area contributed by atoms with E-state index in [0.717, 1.165) is 16.7 Å². The average molecular weight is 414 g/mol. The van der Waals surface area contributed by atoms with Crippen LogP contribution in [-0.4, -0.2) is 9.55 Å². The normalized spacial score (nSPS) is 10.7. The molecule has 0 unspecified atom stereocenters. The number of hydrogen-bond donors (Lipinski definition) is 1. The van der Waals surface area contributed by atoms with E-state index in [1.54, 1.807) is 12.1 Å². The number of para-hydroxylation sites is 1. The Kier molecular flexibility index (Phi) is 4.74. The van der Waals surface area contributed by atoms with Gasteiger partial charge in [-0.15, -0.1) is 0 Å². The van der Waals surface area contributed by atoms with Crippen LogP contribution in [0, 0.1) is 11.3 Å². The molecule has 2 N–H and O–H groups in total. The summed E-state index contributed by atoms with van der Waals surface area (Å²) in [5.41, 5.74) is 10.7. The highest BCUT2D eigenvalue weighted by Gasteiger charge is 2.21. The van der Waals surface area contributed by atoms with Crippen LogP contribution in [0.15, 0.2) is 102 Å². The van der Waals surface area contributed by atoms with Crippen molar-refractivity contribution in [1.29, 1.82) is 5.26 Å². The van der Waals surface area contributed by atoms with E-state index in [2.05, 4.69) is 11.1 Å². The lowest BCUT2D eigenvalue weighted by atomic mass is 9.91. The first-order chi connectivity index (χ1) is 15.7. The van der Waals surface area contributed by atoms with Gasteiger partial charge in [-0.2, -0.15) is 10.2 Å². The predicted octanol–water partition coefficient (Wildman–Crippen LogP) is 5.17. The molecule has 0 amide bonds. The van der Waals surface area contributed by atoms with E-state index in [0.29, 0.717) is 27.7 Å². The number of aromatic nitrogens is 2. The SMILES string of the molecule is N#Cc1c(-c2ccccc2)cc(-c2ccccc2)c2c(N)n(-c3ccccc3)c(=O)nc12. The molecule has 0 aliphatic heterocycles. The summed E-state index contributed by atoms with van der Waals surface area (Å²) >= 11 is 0. The molecule has 1 aromatic heterocycles. The number of nitrogens with zero attached hydrogens (tertiary/aromatic N) is 3. The zero-order chi connectivity index (χ0) is 22.1. The van der Waals surface area contributed by atoms with E-state index < -0.39 is 5.69 Å². The van der Waals surface area contributed by atoms with Crippen LogP contribution in [-0.2, 0) is 0 Å². The van der Waals surface area contributed by atoms with Crippen molar-refractivity contribution in [1.82, 2.24) is 9.55 Å². The summed E-state index contributed by atoms with van der Waals surface area (Å²) < 4.78 is 1.39. The summed E-state index contributed by atoms with van der Waals surface area (Å²) in [6.07, 6.45) is 0. The van der Waals surface area contributed by atoms with Crippen molar-refractivity contribution in [2.24, 2.45) is 0 Å². The molecular formula is C27H18N4O. The van der Waals surface area contributed by atoms with Crippen molar-refractivity contribution in [3.63, 3.8) is 0 Å². The molecule has 32 heavy (non-hydrogen) atoms. The van der Waals surface area contributed by atoms with E-state index in [1.165, 1.54) is 4.57 Å². The first-order valence-corrected chi connectivity index (χ1v) is 10.1. The maximum atomic E-state index is 13.1. The minimum Gasteiger partial charge on any atom is -0.384 e. The molecule has 5 heteroatoms. The summed E-state index contributed by atoms with van der Waals surface area (Å²) in [6, 6.07) is 32.8. The smallest absolute Gasteiger partial charge is 0.354 e. The minimum absolute atomic E-state index is 0.251. The van der Waals surface area contributed by atoms with E-state index >= 15 is 0 Å². The Morgan fingerprint density at radius 2 is 1.31 bits per heavy atom. The zero-order valence-corrected chi connectivity index (χ0v) is 17.1. The van der Waals surface area contributed by atoms with E-state index in [4.69, 9.17) is 5.73 Å². The standard InChI is InChI=1S/C27H18N4O/c28-17-23-21(18-10-4-1-5-11-18)16-22(19-12-6-2-7-13-19)24-25(23)30-27(32)31(26(24)29)20-14-8-3-9-15-20/h1-16H,29H2. The monoisotopic (exact) mass is 414 g/mol. The van der Waals surface area contributed by atoms with Crippen LogP contribution in [0.4, 0.5) is 5.82 Å².